The summed E-state index contributed by atoms with van der Waals surface area (Å²) < 4.78 is 16.5. The van der Waals surface area contributed by atoms with Gasteiger partial charge in [-0.05, 0) is 17.2 Å². The van der Waals surface area contributed by atoms with Crippen LogP contribution in [0, 0.1) is 0 Å². The van der Waals surface area contributed by atoms with E-state index in [1.54, 1.807) is 72.8 Å². The van der Waals surface area contributed by atoms with Gasteiger partial charge in [0.05, 0.1) is 30.8 Å². The molecule has 282 valence electrons. The number of ether oxygens (including phenoxy) is 3. The van der Waals surface area contributed by atoms with Crippen molar-refractivity contribution in [2.75, 3.05) is 11.4 Å². The molecule has 4 aromatic carbocycles. The number of nitrogens with one attached hydrogen (secondary N) is 3. The van der Waals surface area contributed by atoms with Crippen LogP contribution in [0.1, 0.15) is 42.0 Å². The second-order valence-corrected chi connectivity index (χ2v) is 12.8. The summed E-state index contributed by atoms with van der Waals surface area (Å²) in [7, 11) is 0. The van der Waals surface area contributed by atoms with Gasteiger partial charge in [0.1, 0.15) is 25.2 Å². The van der Waals surface area contributed by atoms with Crippen LogP contribution in [0.4, 0.5) is 5.69 Å². The fourth-order valence-electron chi connectivity index (χ4n) is 6.12. The highest BCUT2D eigenvalue weighted by atomic mass is 16.7. The number of esters is 2. The van der Waals surface area contributed by atoms with E-state index in [2.05, 4.69) is 16.0 Å². The van der Waals surface area contributed by atoms with Crippen molar-refractivity contribution in [3.8, 4) is 0 Å². The number of anilines is 1. The molecule has 3 N–H and O–H groups in total. The topological polar surface area (TPSA) is 182 Å². The van der Waals surface area contributed by atoms with Gasteiger partial charge < -0.3 is 30.2 Å². The molecule has 14 nitrogen and oxygen atoms in total. The zero-order chi connectivity index (χ0) is 38.7. The summed E-state index contributed by atoms with van der Waals surface area (Å²) in [5, 5.41) is 7.82. The monoisotopic (exact) mass is 745 g/mol. The molecule has 2 aliphatic rings. The number of nitrogens with zero attached hydrogens (tertiary/aromatic N) is 2. The van der Waals surface area contributed by atoms with Crippen LogP contribution in [-0.2, 0) is 56.2 Å². The standard InChI is InChI=1S/C41H39N5O9/c1-26(47)42-31(21-35(49)53-24-27-13-5-2-6-14-27)39(51)45-38-40(52)46(33-20-12-11-19-30(33)37(44-38)29-17-9-4-10-18-29)23-34(48)43-32-22-36(50)55-41(32)54-25-28-15-7-3-8-16-28/h2-20,31-32,38,41H,21-25H2,1H3,(H,42,47)(H,43,48)(H,45,51)/t31-,32-,38?,41?/m0/s1. The number of carbonyl (C=O) groups is 6. The van der Waals surface area contributed by atoms with Crippen molar-refractivity contribution in [1.82, 2.24) is 16.0 Å². The van der Waals surface area contributed by atoms with Gasteiger partial charge in [-0.25, -0.2) is 4.99 Å². The fourth-order valence-corrected chi connectivity index (χ4v) is 6.12. The molecule has 2 unspecified atom stereocenters. The molecule has 0 aliphatic carbocycles. The number of para-hydroxylation sites is 1. The summed E-state index contributed by atoms with van der Waals surface area (Å²) in [6.07, 6.45) is -3.34. The molecular weight excluding hydrogens is 706 g/mol. The number of benzene rings is 4. The Kier molecular flexibility index (Phi) is 12.4. The first-order valence-electron chi connectivity index (χ1n) is 17.6. The second-order valence-electron chi connectivity index (χ2n) is 12.8. The molecule has 4 amide bonds. The van der Waals surface area contributed by atoms with Crippen LogP contribution in [0.25, 0.3) is 0 Å². The average molecular weight is 746 g/mol. The summed E-state index contributed by atoms with van der Waals surface area (Å²) in [4.78, 5) is 85.1. The van der Waals surface area contributed by atoms with Crippen LogP contribution in [0.15, 0.2) is 120 Å². The third-order valence-corrected chi connectivity index (χ3v) is 8.71. The number of hydrogen-bond donors (Lipinski definition) is 3. The van der Waals surface area contributed by atoms with Gasteiger partial charge >= 0.3 is 11.9 Å². The van der Waals surface area contributed by atoms with E-state index in [0.29, 0.717) is 22.5 Å². The third-order valence-electron chi connectivity index (χ3n) is 8.71. The maximum atomic E-state index is 14.4. The van der Waals surface area contributed by atoms with Crippen molar-refractivity contribution in [2.45, 2.75) is 57.5 Å². The molecule has 0 radical (unpaired) electrons. The van der Waals surface area contributed by atoms with Gasteiger partial charge in [-0.1, -0.05) is 109 Å². The number of rotatable bonds is 14. The van der Waals surface area contributed by atoms with Crippen LogP contribution in [-0.4, -0.2) is 72.4 Å². The largest absolute Gasteiger partial charge is 0.461 e. The van der Waals surface area contributed by atoms with E-state index < -0.39 is 73.1 Å². The van der Waals surface area contributed by atoms with Gasteiger partial charge in [0, 0.05) is 18.1 Å². The maximum Gasteiger partial charge on any atom is 0.310 e. The van der Waals surface area contributed by atoms with Gasteiger partial charge in [0.25, 0.3) is 5.91 Å². The van der Waals surface area contributed by atoms with Crippen molar-refractivity contribution in [1.29, 1.82) is 0 Å². The lowest BCUT2D eigenvalue weighted by atomic mass is 10.0. The van der Waals surface area contributed by atoms with Crippen LogP contribution < -0.4 is 20.9 Å². The van der Waals surface area contributed by atoms with Crippen molar-refractivity contribution in [2.24, 2.45) is 4.99 Å². The number of benzodiazepines with no additional fused rings is 1. The van der Waals surface area contributed by atoms with E-state index in [1.807, 2.05) is 42.5 Å². The molecular formula is C41H39N5O9. The molecule has 2 heterocycles. The predicted molar refractivity (Wildman–Crippen MR) is 199 cm³/mol. The van der Waals surface area contributed by atoms with Gasteiger partial charge in [0.15, 0.2) is 0 Å². The molecule has 2 aliphatic heterocycles. The summed E-state index contributed by atoms with van der Waals surface area (Å²) in [6.45, 7) is 0.747. The minimum Gasteiger partial charge on any atom is -0.461 e. The summed E-state index contributed by atoms with van der Waals surface area (Å²) in [5.74, 6) is -4.19. The lowest BCUT2D eigenvalue weighted by Gasteiger charge is -2.27. The molecule has 6 rings (SSSR count). The molecule has 4 atom stereocenters. The van der Waals surface area contributed by atoms with Crippen LogP contribution >= 0.6 is 0 Å². The Morgan fingerprint density at radius 1 is 0.818 bits per heavy atom. The Balaban J connectivity index is 1.23. The summed E-state index contributed by atoms with van der Waals surface area (Å²) >= 11 is 0. The lowest BCUT2D eigenvalue weighted by molar-refractivity contribution is -0.168. The highest BCUT2D eigenvalue weighted by Crippen LogP contribution is 2.28. The van der Waals surface area contributed by atoms with E-state index in [9.17, 15) is 28.8 Å². The highest BCUT2D eigenvalue weighted by Gasteiger charge is 2.39. The van der Waals surface area contributed by atoms with E-state index in [1.165, 1.54) is 11.8 Å². The SMILES string of the molecule is CC(=O)N[C@@H](CC(=O)OCc1ccccc1)C(=O)NC1N=C(c2ccccc2)c2ccccc2N(CC(=O)N[C@H]2CC(=O)OC2OCc2ccccc2)C1=O. The van der Waals surface area contributed by atoms with Gasteiger partial charge in [-0.2, -0.15) is 0 Å². The lowest BCUT2D eigenvalue weighted by Crippen LogP contribution is -2.55. The molecule has 0 spiro atoms. The summed E-state index contributed by atoms with van der Waals surface area (Å²) in [6, 6.07) is 31.8. The minimum absolute atomic E-state index is 0.0454. The third kappa shape index (κ3) is 10.1. The average Bonchev–Trinajstić information content (AvgIpc) is 3.50. The number of hydrogen-bond acceptors (Lipinski definition) is 10. The summed E-state index contributed by atoms with van der Waals surface area (Å²) in [5.41, 5.74) is 3.37. The molecule has 0 saturated carbocycles. The zero-order valence-electron chi connectivity index (χ0n) is 29.9. The molecule has 14 heteroatoms. The zero-order valence-corrected chi connectivity index (χ0v) is 29.9. The van der Waals surface area contributed by atoms with Crippen molar-refractivity contribution in [3.05, 3.63) is 138 Å². The van der Waals surface area contributed by atoms with Crippen LogP contribution in [0.2, 0.25) is 0 Å². The number of amides is 4. The first kappa shape index (κ1) is 38.1. The van der Waals surface area contributed by atoms with Gasteiger partial charge in [-0.3, -0.25) is 33.7 Å². The molecule has 0 aromatic heterocycles. The Hall–Kier alpha value is -6.67. The van der Waals surface area contributed by atoms with Crippen LogP contribution in [0.3, 0.4) is 0 Å². The first-order valence-corrected chi connectivity index (χ1v) is 17.6. The van der Waals surface area contributed by atoms with Gasteiger partial charge in [-0.15, -0.1) is 0 Å². The van der Waals surface area contributed by atoms with E-state index >= 15 is 0 Å². The Morgan fingerprint density at radius 2 is 1.44 bits per heavy atom. The van der Waals surface area contributed by atoms with E-state index in [-0.39, 0.29) is 19.6 Å². The Bertz CT molecular complexity index is 2060. The van der Waals surface area contributed by atoms with Crippen molar-refractivity contribution in [3.63, 3.8) is 0 Å². The molecule has 0 bridgehead atoms. The molecule has 55 heavy (non-hydrogen) atoms. The Labute approximate surface area is 316 Å². The predicted octanol–water partition coefficient (Wildman–Crippen LogP) is 2.93. The highest BCUT2D eigenvalue weighted by molar-refractivity contribution is 6.21. The molecule has 1 fully saturated rings. The first-order chi connectivity index (χ1) is 26.6. The smallest absolute Gasteiger partial charge is 0.310 e. The Morgan fingerprint density at radius 3 is 2.11 bits per heavy atom. The number of aliphatic imine (C=N–C) groups is 1. The molecule has 4 aromatic rings. The van der Waals surface area contributed by atoms with E-state index in [0.717, 1.165) is 11.1 Å². The fraction of sp³-hybridized carbons (Fsp3) is 0.244. The minimum atomic E-state index is -1.60. The maximum absolute atomic E-state index is 14.4. The van der Waals surface area contributed by atoms with E-state index in [4.69, 9.17) is 19.2 Å². The quantitative estimate of drug-likeness (QED) is 0.164. The molecule has 1 saturated heterocycles. The second kappa shape index (κ2) is 17.9. The van der Waals surface area contributed by atoms with Crippen molar-refractivity contribution < 1.29 is 43.0 Å². The number of cyclic esters (lactones) is 1. The van der Waals surface area contributed by atoms with Gasteiger partial charge in [0.2, 0.25) is 30.2 Å². The number of fused-ring (bicyclic) bond motifs is 1. The normalized spacial score (nSPS) is 18.2. The number of carbonyl (C=O) groups excluding carboxylic acids is 6. The van der Waals surface area contributed by atoms with Crippen LogP contribution in [0.5, 0.6) is 0 Å². The van der Waals surface area contributed by atoms with Crippen molar-refractivity contribution >= 4 is 47.0 Å².